The quantitative estimate of drug-likeness (QED) is 0.859. The number of halogens is 1. The number of hydrogen-bond donors (Lipinski definition) is 1. The molecule has 1 aromatic carbocycles. The standard InChI is InChI=1S/C16H15ClN2O2/c1-19(11-13-2-6-14(17)7-3-13)15-8-4-12(10-18-15)5-9-16(20)21/h2-10H,11H2,1H3,(H,20,21)/b9-5+. The van der Waals surface area contributed by atoms with Gasteiger partial charge in [0.25, 0.3) is 0 Å². The zero-order valence-electron chi connectivity index (χ0n) is 11.5. The Morgan fingerprint density at radius 1 is 1.29 bits per heavy atom. The summed E-state index contributed by atoms with van der Waals surface area (Å²) in [6.07, 6.45) is 4.25. The molecule has 0 aliphatic heterocycles. The minimum atomic E-state index is -0.973. The third-order valence-corrected chi connectivity index (χ3v) is 3.17. The molecule has 0 bridgehead atoms. The average molecular weight is 303 g/mol. The van der Waals surface area contributed by atoms with Crippen molar-refractivity contribution in [1.82, 2.24) is 4.98 Å². The highest BCUT2D eigenvalue weighted by Gasteiger charge is 2.03. The molecule has 5 heteroatoms. The molecule has 0 aliphatic rings. The van der Waals surface area contributed by atoms with Gasteiger partial charge >= 0.3 is 5.97 Å². The predicted molar refractivity (Wildman–Crippen MR) is 84.5 cm³/mol. The Morgan fingerprint density at radius 2 is 2.00 bits per heavy atom. The fourth-order valence-electron chi connectivity index (χ4n) is 1.83. The second kappa shape index (κ2) is 6.90. The van der Waals surface area contributed by atoms with Crippen LogP contribution in [0.1, 0.15) is 11.1 Å². The van der Waals surface area contributed by atoms with Gasteiger partial charge in [-0.05, 0) is 41.5 Å². The summed E-state index contributed by atoms with van der Waals surface area (Å²) < 4.78 is 0. The summed E-state index contributed by atoms with van der Waals surface area (Å²) in [5.41, 5.74) is 1.89. The van der Waals surface area contributed by atoms with Crippen molar-refractivity contribution in [2.75, 3.05) is 11.9 Å². The molecule has 21 heavy (non-hydrogen) atoms. The molecule has 1 N–H and O–H groups in total. The molecule has 0 atom stereocenters. The van der Waals surface area contributed by atoms with Gasteiger partial charge in [-0.1, -0.05) is 23.7 Å². The first-order valence-electron chi connectivity index (χ1n) is 6.37. The van der Waals surface area contributed by atoms with E-state index in [0.29, 0.717) is 11.6 Å². The number of anilines is 1. The number of benzene rings is 1. The molecule has 1 aromatic heterocycles. The van der Waals surface area contributed by atoms with Crippen molar-refractivity contribution in [1.29, 1.82) is 0 Å². The minimum absolute atomic E-state index is 0.717. The lowest BCUT2D eigenvalue weighted by molar-refractivity contribution is -0.131. The van der Waals surface area contributed by atoms with Crippen LogP contribution in [0.4, 0.5) is 5.82 Å². The maximum absolute atomic E-state index is 10.5. The molecule has 0 amide bonds. The van der Waals surface area contributed by atoms with Crippen molar-refractivity contribution >= 4 is 29.5 Å². The van der Waals surface area contributed by atoms with Gasteiger partial charge in [0, 0.05) is 30.9 Å². The van der Waals surface area contributed by atoms with E-state index in [1.807, 2.05) is 48.3 Å². The Morgan fingerprint density at radius 3 is 2.57 bits per heavy atom. The van der Waals surface area contributed by atoms with Gasteiger partial charge in [0.1, 0.15) is 5.82 Å². The predicted octanol–water partition coefficient (Wildman–Crippen LogP) is 3.47. The smallest absolute Gasteiger partial charge is 0.328 e. The molecule has 2 rings (SSSR count). The van der Waals surface area contributed by atoms with Gasteiger partial charge in [-0.15, -0.1) is 0 Å². The van der Waals surface area contributed by atoms with Gasteiger partial charge in [-0.3, -0.25) is 0 Å². The SMILES string of the molecule is CN(Cc1ccc(Cl)cc1)c1ccc(/C=C/C(=O)O)cn1. The Bertz CT molecular complexity index is 636. The number of aromatic nitrogens is 1. The van der Waals surface area contributed by atoms with Gasteiger partial charge in [-0.2, -0.15) is 0 Å². The van der Waals surface area contributed by atoms with Crippen molar-refractivity contribution < 1.29 is 9.90 Å². The van der Waals surface area contributed by atoms with Crippen molar-refractivity contribution in [2.45, 2.75) is 6.54 Å². The van der Waals surface area contributed by atoms with Crippen LogP contribution in [0, 0.1) is 0 Å². The zero-order chi connectivity index (χ0) is 15.2. The van der Waals surface area contributed by atoms with E-state index in [1.54, 1.807) is 6.20 Å². The highest BCUT2D eigenvalue weighted by molar-refractivity contribution is 6.30. The number of carboxylic acid groups (broad SMARTS) is 1. The fraction of sp³-hybridized carbons (Fsp3) is 0.125. The van der Waals surface area contributed by atoms with E-state index in [4.69, 9.17) is 16.7 Å². The summed E-state index contributed by atoms with van der Waals surface area (Å²) in [5.74, 6) is -0.156. The third kappa shape index (κ3) is 4.61. The number of aliphatic carboxylic acids is 1. The summed E-state index contributed by atoms with van der Waals surface area (Å²) in [5, 5.41) is 9.29. The number of pyridine rings is 1. The lowest BCUT2D eigenvalue weighted by Gasteiger charge is -2.18. The van der Waals surface area contributed by atoms with Crippen molar-refractivity contribution in [3.05, 3.63) is 64.8 Å². The van der Waals surface area contributed by atoms with E-state index in [1.165, 1.54) is 6.08 Å². The second-order valence-corrected chi connectivity index (χ2v) is 5.04. The van der Waals surface area contributed by atoms with E-state index < -0.39 is 5.97 Å². The third-order valence-electron chi connectivity index (χ3n) is 2.91. The molecule has 108 valence electrons. The summed E-state index contributed by atoms with van der Waals surface area (Å²) in [6, 6.07) is 11.4. The Hall–Kier alpha value is -2.33. The normalized spacial score (nSPS) is 10.8. The van der Waals surface area contributed by atoms with Gasteiger partial charge in [0.2, 0.25) is 0 Å². The van der Waals surface area contributed by atoms with Crippen molar-refractivity contribution in [3.8, 4) is 0 Å². The lowest BCUT2D eigenvalue weighted by atomic mass is 10.2. The van der Waals surface area contributed by atoms with Crippen LogP contribution in [-0.4, -0.2) is 23.1 Å². The fourth-order valence-corrected chi connectivity index (χ4v) is 1.96. The van der Waals surface area contributed by atoms with Gasteiger partial charge in [0.05, 0.1) is 0 Å². The molecular weight excluding hydrogens is 288 g/mol. The highest BCUT2D eigenvalue weighted by atomic mass is 35.5. The van der Waals surface area contributed by atoms with Crippen LogP contribution >= 0.6 is 11.6 Å². The topological polar surface area (TPSA) is 53.4 Å². The van der Waals surface area contributed by atoms with Crippen molar-refractivity contribution in [3.63, 3.8) is 0 Å². The lowest BCUT2D eigenvalue weighted by Crippen LogP contribution is -2.17. The van der Waals surface area contributed by atoms with Crippen LogP contribution in [0.2, 0.25) is 5.02 Å². The Kier molecular flexibility index (Phi) is 4.95. The number of carboxylic acids is 1. The summed E-state index contributed by atoms with van der Waals surface area (Å²) in [4.78, 5) is 16.8. The first-order valence-corrected chi connectivity index (χ1v) is 6.75. The number of rotatable bonds is 5. The molecule has 2 aromatic rings. The van der Waals surface area contributed by atoms with E-state index in [-0.39, 0.29) is 0 Å². The molecule has 0 aliphatic carbocycles. The van der Waals surface area contributed by atoms with E-state index >= 15 is 0 Å². The summed E-state index contributed by atoms with van der Waals surface area (Å²) in [6.45, 7) is 0.717. The first kappa shape index (κ1) is 15.1. The number of hydrogen-bond acceptors (Lipinski definition) is 3. The van der Waals surface area contributed by atoms with E-state index in [9.17, 15) is 4.79 Å². The molecule has 1 heterocycles. The summed E-state index contributed by atoms with van der Waals surface area (Å²) in [7, 11) is 1.95. The monoisotopic (exact) mass is 302 g/mol. The maximum Gasteiger partial charge on any atom is 0.328 e. The Labute approximate surface area is 128 Å². The van der Waals surface area contributed by atoms with Crippen LogP contribution in [0.5, 0.6) is 0 Å². The molecular formula is C16H15ClN2O2. The molecule has 4 nitrogen and oxygen atoms in total. The van der Waals surface area contributed by atoms with Crippen LogP contribution in [0.25, 0.3) is 6.08 Å². The molecule has 0 radical (unpaired) electrons. The van der Waals surface area contributed by atoms with Gasteiger partial charge < -0.3 is 10.0 Å². The largest absolute Gasteiger partial charge is 0.478 e. The highest BCUT2D eigenvalue weighted by Crippen LogP contribution is 2.15. The molecule has 0 saturated carbocycles. The first-order chi connectivity index (χ1) is 10.0. The van der Waals surface area contributed by atoms with Crippen LogP contribution in [0.15, 0.2) is 48.7 Å². The molecule has 0 fully saturated rings. The van der Waals surface area contributed by atoms with Crippen LogP contribution in [-0.2, 0) is 11.3 Å². The van der Waals surface area contributed by atoms with Gasteiger partial charge in [-0.25, -0.2) is 9.78 Å². The molecule has 0 unspecified atom stereocenters. The molecule has 0 saturated heterocycles. The summed E-state index contributed by atoms with van der Waals surface area (Å²) >= 11 is 5.86. The van der Waals surface area contributed by atoms with E-state index in [2.05, 4.69) is 4.98 Å². The second-order valence-electron chi connectivity index (χ2n) is 4.60. The average Bonchev–Trinajstić information content (AvgIpc) is 2.48. The van der Waals surface area contributed by atoms with Crippen molar-refractivity contribution in [2.24, 2.45) is 0 Å². The molecule has 0 spiro atoms. The van der Waals surface area contributed by atoms with Crippen LogP contribution < -0.4 is 4.90 Å². The number of carbonyl (C=O) groups is 1. The number of nitrogens with zero attached hydrogens (tertiary/aromatic N) is 2. The van der Waals surface area contributed by atoms with Crippen LogP contribution in [0.3, 0.4) is 0 Å². The maximum atomic E-state index is 10.5. The Balaban J connectivity index is 2.04. The van der Waals surface area contributed by atoms with Gasteiger partial charge in [0.15, 0.2) is 0 Å². The van der Waals surface area contributed by atoms with E-state index in [0.717, 1.165) is 23.0 Å². The zero-order valence-corrected chi connectivity index (χ0v) is 12.3. The minimum Gasteiger partial charge on any atom is -0.478 e.